The minimum atomic E-state index is 0.142. The van der Waals surface area contributed by atoms with Gasteiger partial charge in [0.05, 0.1) is 6.10 Å². The summed E-state index contributed by atoms with van der Waals surface area (Å²) < 4.78 is 5.50. The molecular formula is C16H26N2O. The highest BCUT2D eigenvalue weighted by Crippen LogP contribution is 2.26. The van der Waals surface area contributed by atoms with Crippen LogP contribution in [0.3, 0.4) is 0 Å². The Balaban J connectivity index is 2.02. The van der Waals surface area contributed by atoms with E-state index in [1.807, 2.05) is 19.2 Å². The number of hydrogen-bond acceptors (Lipinski definition) is 3. The van der Waals surface area contributed by atoms with E-state index in [2.05, 4.69) is 30.9 Å². The van der Waals surface area contributed by atoms with Gasteiger partial charge < -0.3 is 10.5 Å². The highest BCUT2D eigenvalue weighted by Gasteiger charge is 2.27. The van der Waals surface area contributed by atoms with Crippen LogP contribution in [0.2, 0.25) is 0 Å². The van der Waals surface area contributed by atoms with Gasteiger partial charge in [-0.25, -0.2) is 0 Å². The van der Waals surface area contributed by atoms with Crippen LogP contribution in [-0.4, -0.2) is 37.7 Å². The molecule has 3 heteroatoms. The summed E-state index contributed by atoms with van der Waals surface area (Å²) in [5, 5.41) is 0. The van der Waals surface area contributed by atoms with Crippen molar-refractivity contribution in [1.82, 2.24) is 4.90 Å². The van der Waals surface area contributed by atoms with E-state index in [0.29, 0.717) is 6.10 Å². The van der Waals surface area contributed by atoms with E-state index in [0.717, 1.165) is 18.8 Å². The fraction of sp³-hybridized carbons (Fsp3) is 0.625. The van der Waals surface area contributed by atoms with Crippen LogP contribution in [0.5, 0.6) is 0 Å². The Morgan fingerprint density at radius 3 is 2.63 bits per heavy atom. The molecule has 0 bridgehead atoms. The maximum atomic E-state index is 5.76. The molecule has 106 valence electrons. The van der Waals surface area contributed by atoms with Crippen LogP contribution in [-0.2, 0) is 10.2 Å². The molecule has 0 radical (unpaired) electrons. The van der Waals surface area contributed by atoms with Gasteiger partial charge in [-0.1, -0.05) is 26.0 Å². The van der Waals surface area contributed by atoms with E-state index in [1.54, 1.807) is 0 Å². The van der Waals surface area contributed by atoms with Crippen molar-refractivity contribution in [1.29, 1.82) is 0 Å². The molecule has 1 unspecified atom stereocenters. The van der Waals surface area contributed by atoms with Crippen molar-refractivity contribution in [2.45, 2.75) is 38.2 Å². The van der Waals surface area contributed by atoms with Gasteiger partial charge in [0, 0.05) is 31.3 Å². The SMILES string of the molecule is COC1CCCN(CC(C)(C)c2ccc(N)cc2)C1. The summed E-state index contributed by atoms with van der Waals surface area (Å²) in [4.78, 5) is 2.52. The summed E-state index contributed by atoms with van der Waals surface area (Å²) in [6.45, 7) is 7.90. The quantitative estimate of drug-likeness (QED) is 0.848. The van der Waals surface area contributed by atoms with Gasteiger partial charge >= 0.3 is 0 Å². The summed E-state index contributed by atoms with van der Waals surface area (Å²) in [6.07, 6.45) is 2.82. The summed E-state index contributed by atoms with van der Waals surface area (Å²) >= 11 is 0. The number of nitrogens with two attached hydrogens (primary N) is 1. The normalized spacial score (nSPS) is 21.5. The fourth-order valence-electron chi connectivity index (χ4n) is 2.93. The first-order valence-electron chi connectivity index (χ1n) is 7.12. The van der Waals surface area contributed by atoms with Crippen LogP contribution < -0.4 is 5.73 Å². The molecule has 1 fully saturated rings. The molecule has 1 aliphatic rings. The molecular weight excluding hydrogens is 236 g/mol. The zero-order valence-electron chi connectivity index (χ0n) is 12.4. The fourth-order valence-corrected chi connectivity index (χ4v) is 2.93. The second-order valence-electron chi connectivity index (χ2n) is 6.24. The average Bonchev–Trinajstić information content (AvgIpc) is 2.39. The number of benzene rings is 1. The van der Waals surface area contributed by atoms with Gasteiger partial charge in [-0.3, -0.25) is 4.90 Å². The third kappa shape index (κ3) is 3.71. The molecule has 0 aliphatic carbocycles. The molecule has 19 heavy (non-hydrogen) atoms. The molecule has 0 aromatic heterocycles. The first-order valence-corrected chi connectivity index (χ1v) is 7.12. The Hall–Kier alpha value is -1.06. The van der Waals surface area contributed by atoms with E-state index >= 15 is 0 Å². The van der Waals surface area contributed by atoms with E-state index in [9.17, 15) is 0 Å². The van der Waals surface area contributed by atoms with E-state index in [4.69, 9.17) is 10.5 Å². The molecule has 0 amide bonds. The number of hydrogen-bond donors (Lipinski definition) is 1. The summed E-state index contributed by atoms with van der Waals surface area (Å²) in [5.41, 5.74) is 8.08. The molecule has 1 heterocycles. The second kappa shape index (κ2) is 5.93. The second-order valence-corrected chi connectivity index (χ2v) is 6.24. The monoisotopic (exact) mass is 262 g/mol. The van der Waals surface area contributed by atoms with Crippen molar-refractivity contribution in [3.05, 3.63) is 29.8 Å². The highest BCUT2D eigenvalue weighted by atomic mass is 16.5. The minimum absolute atomic E-state index is 0.142. The van der Waals surface area contributed by atoms with Crippen molar-refractivity contribution in [3.8, 4) is 0 Å². The molecule has 1 aromatic carbocycles. The van der Waals surface area contributed by atoms with Gasteiger partial charge in [-0.05, 0) is 37.1 Å². The number of methoxy groups -OCH3 is 1. The number of nitrogen functional groups attached to an aromatic ring is 1. The molecule has 0 saturated carbocycles. The summed E-state index contributed by atoms with van der Waals surface area (Å²) in [6, 6.07) is 8.27. The average molecular weight is 262 g/mol. The topological polar surface area (TPSA) is 38.5 Å². The number of piperidine rings is 1. The van der Waals surface area contributed by atoms with Crippen LogP contribution >= 0.6 is 0 Å². The van der Waals surface area contributed by atoms with E-state index in [-0.39, 0.29) is 5.41 Å². The van der Waals surface area contributed by atoms with Crippen molar-refractivity contribution < 1.29 is 4.74 Å². The Labute approximate surface area is 116 Å². The Morgan fingerprint density at radius 2 is 2.00 bits per heavy atom. The number of nitrogens with zero attached hydrogens (tertiary/aromatic N) is 1. The molecule has 2 N–H and O–H groups in total. The number of ether oxygens (including phenoxy) is 1. The summed E-state index contributed by atoms with van der Waals surface area (Å²) in [5.74, 6) is 0. The van der Waals surface area contributed by atoms with Crippen LogP contribution in [0, 0.1) is 0 Å². The van der Waals surface area contributed by atoms with Crippen LogP contribution in [0.4, 0.5) is 5.69 Å². The predicted octanol–water partition coefficient (Wildman–Crippen LogP) is 2.66. The smallest absolute Gasteiger partial charge is 0.0698 e. The zero-order valence-corrected chi connectivity index (χ0v) is 12.4. The maximum absolute atomic E-state index is 5.76. The maximum Gasteiger partial charge on any atom is 0.0698 e. The lowest BCUT2D eigenvalue weighted by molar-refractivity contribution is 0.0250. The lowest BCUT2D eigenvalue weighted by Gasteiger charge is -2.37. The lowest BCUT2D eigenvalue weighted by atomic mass is 9.83. The molecule has 1 saturated heterocycles. The standard InChI is InChI=1S/C16H26N2O/c1-16(2,13-6-8-14(17)9-7-13)12-18-10-4-5-15(11-18)19-3/h6-9,15H,4-5,10-12,17H2,1-3H3. The molecule has 0 spiro atoms. The van der Waals surface area contributed by atoms with Crippen molar-refractivity contribution in [2.24, 2.45) is 0 Å². The van der Waals surface area contributed by atoms with E-state index < -0.39 is 0 Å². The lowest BCUT2D eigenvalue weighted by Crippen LogP contribution is -2.45. The van der Waals surface area contributed by atoms with Gasteiger partial charge in [0.15, 0.2) is 0 Å². The van der Waals surface area contributed by atoms with Gasteiger partial charge in [0.2, 0.25) is 0 Å². The van der Waals surface area contributed by atoms with Gasteiger partial charge in [0.25, 0.3) is 0 Å². The van der Waals surface area contributed by atoms with Gasteiger partial charge in [0.1, 0.15) is 0 Å². The first kappa shape index (κ1) is 14.4. The van der Waals surface area contributed by atoms with Crippen LogP contribution in [0.15, 0.2) is 24.3 Å². The molecule has 1 atom stereocenters. The Kier molecular flexibility index (Phi) is 4.48. The zero-order chi connectivity index (χ0) is 13.9. The van der Waals surface area contributed by atoms with Gasteiger partial charge in [-0.2, -0.15) is 0 Å². The molecule has 3 nitrogen and oxygen atoms in total. The minimum Gasteiger partial charge on any atom is -0.399 e. The van der Waals surface area contributed by atoms with Crippen molar-refractivity contribution in [3.63, 3.8) is 0 Å². The summed E-state index contributed by atoms with van der Waals surface area (Å²) in [7, 11) is 1.82. The Morgan fingerprint density at radius 1 is 1.32 bits per heavy atom. The van der Waals surface area contributed by atoms with E-state index in [1.165, 1.54) is 24.9 Å². The highest BCUT2D eigenvalue weighted by molar-refractivity contribution is 5.41. The predicted molar refractivity (Wildman–Crippen MR) is 80.4 cm³/mol. The number of rotatable bonds is 4. The molecule has 1 aliphatic heterocycles. The third-order valence-electron chi connectivity index (χ3n) is 4.11. The number of likely N-dealkylation sites (tertiary alicyclic amines) is 1. The van der Waals surface area contributed by atoms with Crippen LogP contribution in [0.1, 0.15) is 32.3 Å². The van der Waals surface area contributed by atoms with Crippen molar-refractivity contribution in [2.75, 3.05) is 32.5 Å². The van der Waals surface area contributed by atoms with Crippen molar-refractivity contribution >= 4 is 5.69 Å². The van der Waals surface area contributed by atoms with Crippen LogP contribution in [0.25, 0.3) is 0 Å². The first-order chi connectivity index (χ1) is 9.01. The Bertz CT molecular complexity index is 400. The third-order valence-corrected chi connectivity index (χ3v) is 4.11. The number of anilines is 1. The molecule has 1 aromatic rings. The molecule has 2 rings (SSSR count). The largest absolute Gasteiger partial charge is 0.399 e. The van der Waals surface area contributed by atoms with Gasteiger partial charge in [-0.15, -0.1) is 0 Å².